The van der Waals surface area contributed by atoms with Crippen molar-refractivity contribution in [3.8, 4) is 34.5 Å². The van der Waals surface area contributed by atoms with Crippen LogP contribution in [0.5, 0.6) is 11.8 Å². The molecule has 0 spiro atoms. The second kappa shape index (κ2) is 10.0. The van der Waals surface area contributed by atoms with Crippen molar-refractivity contribution in [1.82, 2.24) is 30.2 Å². The van der Waals surface area contributed by atoms with Crippen LogP contribution >= 0.6 is 0 Å². The molecule has 37 heavy (non-hydrogen) atoms. The summed E-state index contributed by atoms with van der Waals surface area (Å²) in [5.41, 5.74) is 1.77. The molecule has 10 nitrogen and oxygen atoms in total. The second-order valence-electron chi connectivity index (χ2n) is 7.59. The molecule has 0 atom stereocenters. The maximum atomic E-state index is 12.7. The second-order valence-corrected chi connectivity index (χ2v) is 7.59. The van der Waals surface area contributed by atoms with E-state index in [2.05, 4.69) is 39.3 Å². The Bertz CT molecular complexity index is 1340. The molecule has 3 heterocycles. The third-order valence-electron chi connectivity index (χ3n) is 4.71. The Morgan fingerprint density at radius 1 is 0.730 bits per heavy atom. The summed E-state index contributed by atoms with van der Waals surface area (Å²) in [7, 11) is 0. The summed E-state index contributed by atoms with van der Waals surface area (Å²) in [4.78, 5) is 14.4. The van der Waals surface area contributed by atoms with Gasteiger partial charge in [0.25, 0.3) is 0 Å². The van der Waals surface area contributed by atoms with Crippen LogP contribution in [0.15, 0.2) is 33.6 Å². The minimum atomic E-state index is -4.76. The summed E-state index contributed by atoms with van der Waals surface area (Å²) in [5, 5.41) is 6.63. The van der Waals surface area contributed by atoms with E-state index in [1.165, 1.54) is 12.4 Å². The fourth-order valence-corrected chi connectivity index (χ4v) is 3.12. The highest BCUT2D eigenvalue weighted by Gasteiger charge is 2.39. The summed E-state index contributed by atoms with van der Waals surface area (Å²) in [6, 6.07) is 3.15. The van der Waals surface area contributed by atoms with Gasteiger partial charge in [-0.1, -0.05) is 10.3 Å². The monoisotopic (exact) mass is 530 g/mol. The minimum Gasteiger partial charge on any atom is -0.493 e. The van der Waals surface area contributed by atoms with E-state index < -0.39 is 24.1 Å². The van der Waals surface area contributed by atoms with Crippen LogP contribution in [-0.2, 0) is 12.4 Å². The van der Waals surface area contributed by atoms with Crippen LogP contribution in [0.25, 0.3) is 22.8 Å². The molecule has 3 aromatic heterocycles. The molecule has 0 fully saturated rings. The minimum absolute atomic E-state index is 0.0154. The van der Waals surface area contributed by atoms with Crippen LogP contribution in [0.3, 0.4) is 0 Å². The van der Waals surface area contributed by atoms with Crippen LogP contribution in [-0.4, -0.2) is 43.5 Å². The maximum Gasteiger partial charge on any atom is 0.471 e. The first kappa shape index (κ1) is 25.8. The number of hydrogen-bond donors (Lipinski definition) is 0. The van der Waals surface area contributed by atoms with Gasteiger partial charge in [-0.15, -0.1) is 0 Å². The van der Waals surface area contributed by atoms with Crippen molar-refractivity contribution in [3.05, 3.63) is 47.4 Å². The Morgan fingerprint density at radius 3 is 1.70 bits per heavy atom. The number of alkyl halides is 6. The van der Waals surface area contributed by atoms with E-state index in [1.54, 1.807) is 26.0 Å². The summed E-state index contributed by atoms with van der Waals surface area (Å²) in [5.74, 6) is -2.87. The lowest BCUT2D eigenvalue weighted by molar-refractivity contribution is -0.160. The van der Waals surface area contributed by atoms with Gasteiger partial charge in [0, 0.05) is 24.4 Å². The third-order valence-corrected chi connectivity index (χ3v) is 4.71. The number of aryl methyl sites for hydroxylation is 2. The number of halogens is 6. The smallest absolute Gasteiger partial charge is 0.471 e. The molecule has 16 heteroatoms. The summed E-state index contributed by atoms with van der Waals surface area (Å²) in [6.07, 6.45) is -6.68. The van der Waals surface area contributed by atoms with Crippen molar-refractivity contribution in [2.45, 2.75) is 32.6 Å². The predicted octanol–water partition coefficient (Wildman–Crippen LogP) is 5.08. The molecule has 0 bridgehead atoms. The van der Waals surface area contributed by atoms with Gasteiger partial charge in [-0.05, 0) is 37.1 Å². The Morgan fingerprint density at radius 2 is 1.22 bits per heavy atom. The Balaban J connectivity index is 1.28. The molecule has 0 aliphatic heterocycles. The van der Waals surface area contributed by atoms with E-state index in [1.807, 2.05) is 0 Å². The zero-order chi connectivity index (χ0) is 26.8. The number of ether oxygens (including phenoxy) is 2. The fourth-order valence-electron chi connectivity index (χ4n) is 3.12. The van der Waals surface area contributed by atoms with Crippen LogP contribution < -0.4 is 9.47 Å². The number of benzene rings is 1. The molecule has 0 aliphatic rings. The largest absolute Gasteiger partial charge is 0.493 e. The average Bonchev–Trinajstić information content (AvgIpc) is 3.51. The first-order valence-electron chi connectivity index (χ1n) is 10.4. The summed E-state index contributed by atoms with van der Waals surface area (Å²) >= 11 is 0. The highest BCUT2D eigenvalue weighted by Crippen LogP contribution is 2.33. The van der Waals surface area contributed by atoms with E-state index in [-0.39, 0.29) is 36.4 Å². The van der Waals surface area contributed by atoms with Crippen molar-refractivity contribution >= 4 is 0 Å². The number of aromatic nitrogens is 6. The number of rotatable bonds is 8. The highest BCUT2D eigenvalue weighted by molar-refractivity contribution is 5.61. The zero-order valence-corrected chi connectivity index (χ0v) is 19.0. The van der Waals surface area contributed by atoms with Gasteiger partial charge < -0.3 is 18.5 Å². The molecule has 1 aromatic carbocycles. The Kier molecular flexibility index (Phi) is 7.00. The van der Waals surface area contributed by atoms with Gasteiger partial charge in [-0.2, -0.15) is 36.3 Å². The van der Waals surface area contributed by atoms with Crippen molar-refractivity contribution in [1.29, 1.82) is 0 Å². The lowest BCUT2D eigenvalue weighted by Gasteiger charge is -2.13. The first-order chi connectivity index (χ1) is 17.4. The van der Waals surface area contributed by atoms with Gasteiger partial charge in [-0.25, -0.2) is 9.97 Å². The Labute approximate surface area is 203 Å². The lowest BCUT2D eigenvalue weighted by Crippen LogP contribution is -2.08. The van der Waals surface area contributed by atoms with Gasteiger partial charge >= 0.3 is 30.1 Å². The average molecular weight is 530 g/mol. The first-order valence-corrected chi connectivity index (χ1v) is 10.4. The summed E-state index contributed by atoms with van der Waals surface area (Å²) in [6.45, 7) is 3.86. The predicted molar refractivity (Wildman–Crippen MR) is 110 cm³/mol. The molecule has 0 unspecified atom stereocenters. The SMILES string of the molecule is Cc1cc(-c2noc(C(F)(F)F)n2)cc(C)c1OCCCOc1ncc(-c2noc(C(F)(F)F)n2)cn1. The fraction of sp³-hybridized carbons (Fsp3) is 0.333. The van der Waals surface area contributed by atoms with E-state index in [4.69, 9.17) is 9.47 Å². The molecule has 0 amide bonds. The molecule has 196 valence electrons. The molecule has 0 N–H and O–H groups in total. The van der Waals surface area contributed by atoms with Crippen LogP contribution in [0, 0.1) is 13.8 Å². The lowest BCUT2D eigenvalue weighted by atomic mass is 10.1. The van der Waals surface area contributed by atoms with Crippen molar-refractivity contribution < 1.29 is 44.9 Å². The standard InChI is InChI=1S/C21H16F6N6O4/c1-10-6-12(15-30-17(36-32-15)20(22,23)24)7-11(2)14(10)34-4-3-5-35-19-28-8-13(9-29-19)16-31-18(37-33-16)21(25,26)27/h6-9H,3-5H2,1-2H3. The Hall–Kier alpha value is -4.24. The van der Waals surface area contributed by atoms with Crippen molar-refractivity contribution in [3.63, 3.8) is 0 Å². The normalized spacial score (nSPS) is 12.1. The van der Waals surface area contributed by atoms with Crippen LogP contribution in [0.1, 0.15) is 29.3 Å². The molecular weight excluding hydrogens is 514 g/mol. The van der Waals surface area contributed by atoms with Gasteiger partial charge in [0.15, 0.2) is 0 Å². The molecule has 0 saturated carbocycles. The van der Waals surface area contributed by atoms with E-state index in [9.17, 15) is 26.3 Å². The third kappa shape index (κ3) is 6.13. The van der Waals surface area contributed by atoms with Crippen LogP contribution in [0.2, 0.25) is 0 Å². The molecule has 0 radical (unpaired) electrons. The van der Waals surface area contributed by atoms with Gasteiger partial charge in [0.2, 0.25) is 11.6 Å². The molecular formula is C21H16F6N6O4. The zero-order valence-electron chi connectivity index (χ0n) is 19.0. The molecule has 0 saturated heterocycles. The molecule has 0 aliphatic carbocycles. The van der Waals surface area contributed by atoms with E-state index in [0.717, 1.165) is 0 Å². The number of hydrogen-bond acceptors (Lipinski definition) is 10. The van der Waals surface area contributed by atoms with Gasteiger partial charge in [0.05, 0.1) is 18.8 Å². The quantitative estimate of drug-likeness (QED) is 0.225. The van der Waals surface area contributed by atoms with E-state index >= 15 is 0 Å². The highest BCUT2D eigenvalue weighted by atomic mass is 19.4. The molecule has 4 rings (SSSR count). The maximum absolute atomic E-state index is 12.7. The van der Waals surface area contributed by atoms with Crippen molar-refractivity contribution in [2.24, 2.45) is 0 Å². The van der Waals surface area contributed by atoms with Crippen LogP contribution in [0.4, 0.5) is 26.3 Å². The molecule has 4 aromatic rings. The summed E-state index contributed by atoms with van der Waals surface area (Å²) < 4.78 is 95.4. The van der Waals surface area contributed by atoms with Crippen molar-refractivity contribution in [2.75, 3.05) is 13.2 Å². The number of nitrogens with zero attached hydrogens (tertiary/aromatic N) is 6. The van der Waals surface area contributed by atoms with Gasteiger partial charge in [0.1, 0.15) is 5.75 Å². The van der Waals surface area contributed by atoms with Gasteiger partial charge in [-0.3, -0.25) is 0 Å². The van der Waals surface area contributed by atoms with E-state index in [0.29, 0.717) is 28.9 Å². The topological polar surface area (TPSA) is 122 Å².